The van der Waals surface area contributed by atoms with Crippen molar-refractivity contribution in [1.29, 1.82) is 0 Å². The molecule has 4 nitrogen and oxygen atoms in total. The van der Waals surface area contributed by atoms with E-state index in [1.54, 1.807) is 0 Å². The van der Waals surface area contributed by atoms with Gasteiger partial charge in [0.1, 0.15) is 18.0 Å². The molecular weight excluding hydrogens is 264 g/mol. The number of H-pyrrole nitrogens is 1. The Bertz CT molecular complexity index is 697. The molecule has 1 heterocycles. The van der Waals surface area contributed by atoms with Gasteiger partial charge in [-0.3, -0.25) is 4.79 Å². The Kier molecular flexibility index (Phi) is 4.36. The summed E-state index contributed by atoms with van der Waals surface area (Å²) in [5, 5.41) is 0. The number of nitrogens with two attached hydrogens (primary N) is 1. The molecule has 2 rings (SSSR count). The lowest BCUT2D eigenvalue weighted by atomic mass is 10.0. The average molecular weight is 286 g/mol. The molecule has 0 saturated heterocycles. The number of aromatic amines is 1. The molecule has 0 amide bonds. The monoisotopic (exact) mass is 286 g/mol. The van der Waals surface area contributed by atoms with E-state index < -0.39 is 0 Å². The Morgan fingerprint density at radius 1 is 1.10 bits per heavy atom. The summed E-state index contributed by atoms with van der Waals surface area (Å²) in [6, 6.07) is 6.06. The lowest BCUT2D eigenvalue weighted by Gasteiger charge is -2.15. The molecule has 0 fully saturated rings. The van der Waals surface area contributed by atoms with Gasteiger partial charge in [0.25, 0.3) is 5.56 Å². The number of hydrogen-bond donors (Lipinski definition) is 2. The molecule has 0 unspecified atom stereocenters. The molecule has 0 aliphatic carbocycles. The quantitative estimate of drug-likeness (QED) is 0.907. The number of benzene rings is 1. The minimum Gasteiger partial charge on any atom is -0.489 e. The summed E-state index contributed by atoms with van der Waals surface area (Å²) >= 11 is 0. The largest absolute Gasteiger partial charge is 0.489 e. The number of nitrogens with one attached hydrogen (secondary N) is 1. The zero-order chi connectivity index (χ0) is 15.6. The maximum atomic E-state index is 11.8. The maximum Gasteiger partial charge on any atom is 0.271 e. The second kappa shape index (κ2) is 6.04. The van der Waals surface area contributed by atoms with Crippen LogP contribution in [0.3, 0.4) is 0 Å². The van der Waals surface area contributed by atoms with Crippen LogP contribution < -0.4 is 16.0 Å². The van der Waals surface area contributed by atoms with E-state index in [4.69, 9.17) is 10.5 Å². The van der Waals surface area contributed by atoms with Gasteiger partial charge in [-0.15, -0.1) is 0 Å². The van der Waals surface area contributed by atoms with Gasteiger partial charge >= 0.3 is 0 Å². The van der Waals surface area contributed by atoms with Gasteiger partial charge in [-0.05, 0) is 56.0 Å². The van der Waals surface area contributed by atoms with E-state index in [1.807, 2.05) is 39.8 Å². The molecular formula is C17H22N2O2. The van der Waals surface area contributed by atoms with Crippen LogP contribution in [0.4, 0.5) is 5.69 Å². The van der Waals surface area contributed by atoms with E-state index in [9.17, 15) is 4.79 Å². The molecule has 0 spiro atoms. The molecule has 112 valence electrons. The fourth-order valence-corrected chi connectivity index (χ4v) is 2.65. The molecule has 4 heteroatoms. The van der Waals surface area contributed by atoms with Crippen LogP contribution in [0.5, 0.6) is 5.75 Å². The van der Waals surface area contributed by atoms with E-state index in [2.05, 4.69) is 11.1 Å². The fraction of sp³-hybridized carbons (Fsp3) is 0.353. The van der Waals surface area contributed by atoms with Gasteiger partial charge < -0.3 is 15.5 Å². The zero-order valence-electron chi connectivity index (χ0n) is 13.0. The smallest absolute Gasteiger partial charge is 0.271 e. The topological polar surface area (TPSA) is 68.1 Å². The minimum absolute atomic E-state index is 0.247. The molecule has 21 heavy (non-hydrogen) atoms. The average Bonchev–Trinajstić information content (AvgIpc) is 2.40. The molecule has 3 N–H and O–H groups in total. The summed E-state index contributed by atoms with van der Waals surface area (Å²) in [5.41, 5.74) is 10.9. The number of pyridine rings is 1. The summed E-state index contributed by atoms with van der Waals surface area (Å²) in [6.07, 6.45) is 0.804. The Balaban J connectivity index is 2.33. The summed E-state index contributed by atoms with van der Waals surface area (Å²) in [6.45, 7) is 8.30. The Hall–Kier alpha value is -2.23. The highest BCUT2D eigenvalue weighted by atomic mass is 16.5. The van der Waals surface area contributed by atoms with Crippen molar-refractivity contribution >= 4 is 5.69 Å². The Morgan fingerprint density at radius 3 is 2.29 bits per heavy atom. The van der Waals surface area contributed by atoms with Gasteiger partial charge in [0.15, 0.2) is 0 Å². The van der Waals surface area contributed by atoms with E-state index in [0.29, 0.717) is 6.61 Å². The number of aromatic nitrogens is 1. The SMILES string of the molecule is CCc1c(C)[nH]c(=O)c(N)c1COc1cc(C)cc(C)c1. The number of aryl methyl sites for hydroxylation is 3. The van der Waals surface area contributed by atoms with Gasteiger partial charge in [-0.2, -0.15) is 0 Å². The van der Waals surface area contributed by atoms with Crippen molar-refractivity contribution in [1.82, 2.24) is 4.98 Å². The Morgan fingerprint density at radius 2 is 1.71 bits per heavy atom. The first-order chi connectivity index (χ1) is 9.92. The minimum atomic E-state index is -0.247. The molecule has 0 radical (unpaired) electrons. The fourth-order valence-electron chi connectivity index (χ4n) is 2.65. The maximum absolute atomic E-state index is 11.8. The molecule has 0 aliphatic heterocycles. The molecule has 1 aromatic carbocycles. The van der Waals surface area contributed by atoms with Crippen LogP contribution in [0, 0.1) is 20.8 Å². The highest BCUT2D eigenvalue weighted by molar-refractivity contribution is 5.50. The number of rotatable bonds is 4. The third-order valence-electron chi connectivity index (χ3n) is 3.62. The molecule has 1 aromatic heterocycles. The Labute approximate surface area is 125 Å². The van der Waals surface area contributed by atoms with Crippen molar-refractivity contribution in [3.8, 4) is 5.75 Å². The lowest BCUT2D eigenvalue weighted by molar-refractivity contribution is 0.305. The second-order valence-corrected chi connectivity index (χ2v) is 5.42. The number of ether oxygens (including phenoxy) is 1. The first-order valence-electron chi connectivity index (χ1n) is 7.13. The van der Waals surface area contributed by atoms with Crippen LogP contribution in [-0.4, -0.2) is 4.98 Å². The van der Waals surface area contributed by atoms with Crippen LogP contribution in [-0.2, 0) is 13.0 Å². The van der Waals surface area contributed by atoms with Crippen molar-refractivity contribution < 1.29 is 4.74 Å². The van der Waals surface area contributed by atoms with Gasteiger partial charge in [0.2, 0.25) is 0 Å². The molecule has 0 aliphatic rings. The van der Waals surface area contributed by atoms with Crippen molar-refractivity contribution in [2.24, 2.45) is 0 Å². The third kappa shape index (κ3) is 3.27. The van der Waals surface area contributed by atoms with Gasteiger partial charge in [-0.25, -0.2) is 0 Å². The first-order valence-corrected chi connectivity index (χ1v) is 7.13. The first kappa shape index (κ1) is 15.2. The van der Waals surface area contributed by atoms with Crippen LogP contribution in [0.2, 0.25) is 0 Å². The zero-order valence-corrected chi connectivity index (χ0v) is 13.0. The summed E-state index contributed by atoms with van der Waals surface area (Å²) in [4.78, 5) is 14.6. The van der Waals surface area contributed by atoms with Crippen LogP contribution in [0.1, 0.15) is 34.9 Å². The third-order valence-corrected chi connectivity index (χ3v) is 3.62. The lowest BCUT2D eigenvalue weighted by Crippen LogP contribution is -2.19. The van der Waals surface area contributed by atoms with E-state index >= 15 is 0 Å². The van der Waals surface area contributed by atoms with Crippen molar-refractivity contribution in [3.05, 3.63) is 56.5 Å². The summed E-state index contributed by atoms with van der Waals surface area (Å²) < 4.78 is 5.85. The summed E-state index contributed by atoms with van der Waals surface area (Å²) in [7, 11) is 0. The number of nitrogen functional groups attached to an aromatic ring is 1. The van der Waals surface area contributed by atoms with Crippen LogP contribution in [0.25, 0.3) is 0 Å². The van der Waals surface area contributed by atoms with Crippen LogP contribution >= 0.6 is 0 Å². The number of hydrogen-bond acceptors (Lipinski definition) is 3. The number of anilines is 1. The molecule has 2 aromatic rings. The predicted molar refractivity (Wildman–Crippen MR) is 85.8 cm³/mol. The summed E-state index contributed by atoms with van der Waals surface area (Å²) in [5.74, 6) is 0.798. The predicted octanol–water partition coefficient (Wildman–Crippen LogP) is 3.02. The van der Waals surface area contributed by atoms with Gasteiger partial charge in [-0.1, -0.05) is 13.0 Å². The standard InChI is InChI=1S/C17H22N2O2/c1-5-14-12(4)19-17(20)16(18)15(14)9-21-13-7-10(2)6-11(3)8-13/h6-8H,5,9,18H2,1-4H3,(H,19,20). The molecule has 0 bridgehead atoms. The highest BCUT2D eigenvalue weighted by Gasteiger charge is 2.13. The molecule has 0 saturated carbocycles. The van der Waals surface area contributed by atoms with Crippen molar-refractivity contribution in [3.63, 3.8) is 0 Å². The second-order valence-electron chi connectivity index (χ2n) is 5.42. The van der Waals surface area contributed by atoms with Gasteiger partial charge in [0, 0.05) is 11.3 Å². The van der Waals surface area contributed by atoms with E-state index in [-0.39, 0.29) is 11.2 Å². The van der Waals surface area contributed by atoms with E-state index in [1.165, 1.54) is 0 Å². The van der Waals surface area contributed by atoms with Gasteiger partial charge in [0.05, 0.1) is 0 Å². The molecule has 0 atom stereocenters. The highest BCUT2D eigenvalue weighted by Crippen LogP contribution is 2.21. The normalized spacial score (nSPS) is 10.7. The van der Waals surface area contributed by atoms with Crippen LogP contribution in [0.15, 0.2) is 23.0 Å². The van der Waals surface area contributed by atoms with Crippen molar-refractivity contribution in [2.45, 2.75) is 40.7 Å². The van der Waals surface area contributed by atoms with Crippen molar-refractivity contribution in [2.75, 3.05) is 5.73 Å². The van der Waals surface area contributed by atoms with E-state index in [0.717, 1.165) is 40.1 Å².